The topological polar surface area (TPSA) is 84.9 Å². The van der Waals surface area contributed by atoms with Crippen molar-refractivity contribution < 1.29 is 23.9 Å². The van der Waals surface area contributed by atoms with Crippen LogP contribution in [0.3, 0.4) is 0 Å². The van der Waals surface area contributed by atoms with Crippen LogP contribution in [0.1, 0.15) is 11.1 Å². The Hall–Kier alpha value is -2.68. The van der Waals surface area contributed by atoms with Gasteiger partial charge in [0.25, 0.3) is 11.1 Å². The summed E-state index contributed by atoms with van der Waals surface area (Å²) in [6.07, 6.45) is 1.62. The van der Waals surface area contributed by atoms with Gasteiger partial charge in [0.1, 0.15) is 11.5 Å². The van der Waals surface area contributed by atoms with Gasteiger partial charge in [-0.15, -0.1) is 0 Å². The molecule has 0 spiro atoms. The summed E-state index contributed by atoms with van der Waals surface area (Å²) in [5, 5.41) is 2.97. The highest BCUT2D eigenvalue weighted by molar-refractivity contribution is 8.18. The van der Waals surface area contributed by atoms with E-state index in [-0.39, 0.29) is 30.3 Å². The number of amides is 3. The first-order chi connectivity index (χ1) is 15.3. The second-order valence-electron chi connectivity index (χ2n) is 6.68. The minimum atomic E-state index is -0.442. The average Bonchev–Trinajstić information content (AvgIpc) is 3.04. The van der Waals surface area contributed by atoms with Gasteiger partial charge in [-0.2, -0.15) is 0 Å². The molecular weight excluding hydrogens is 475 g/mol. The number of benzene rings is 2. The Labute approximate surface area is 199 Å². The number of rotatable bonds is 8. The molecule has 10 heteroatoms. The van der Waals surface area contributed by atoms with Gasteiger partial charge < -0.3 is 14.8 Å². The molecule has 2 aromatic rings. The minimum Gasteiger partial charge on any atom is -0.497 e. The first-order valence-electron chi connectivity index (χ1n) is 9.51. The molecule has 168 valence electrons. The van der Waals surface area contributed by atoms with Crippen LogP contribution in [0.5, 0.6) is 11.5 Å². The van der Waals surface area contributed by atoms with Crippen molar-refractivity contribution in [3.05, 3.63) is 62.5 Å². The molecule has 1 N–H and O–H groups in total. The molecule has 3 rings (SSSR count). The van der Waals surface area contributed by atoms with Gasteiger partial charge in [0.2, 0.25) is 5.91 Å². The van der Waals surface area contributed by atoms with Gasteiger partial charge in [0.15, 0.2) is 0 Å². The number of carbonyl (C=O) groups excluding carboxylic acids is 3. The Kier molecular flexibility index (Phi) is 8.06. The predicted octanol–water partition coefficient (Wildman–Crippen LogP) is 4.41. The van der Waals surface area contributed by atoms with E-state index in [4.69, 9.17) is 32.7 Å². The van der Waals surface area contributed by atoms with Crippen molar-refractivity contribution in [2.24, 2.45) is 0 Å². The molecule has 1 saturated heterocycles. The summed E-state index contributed by atoms with van der Waals surface area (Å²) in [5.41, 5.74) is 1.24. The summed E-state index contributed by atoms with van der Waals surface area (Å²) in [5.74, 6) is 0.455. The molecule has 3 amide bonds. The van der Waals surface area contributed by atoms with Crippen molar-refractivity contribution in [1.82, 2.24) is 10.2 Å². The third-order valence-corrected chi connectivity index (χ3v) is 6.39. The van der Waals surface area contributed by atoms with E-state index in [1.54, 1.807) is 43.5 Å². The molecule has 7 nitrogen and oxygen atoms in total. The van der Waals surface area contributed by atoms with E-state index in [2.05, 4.69) is 5.32 Å². The summed E-state index contributed by atoms with van der Waals surface area (Å²) in [6, 6.07) is 10.2. The molecule has 0 atom stereocenters. The van der Waals surface area contributed by atoms with E-state index < -0.39 is 11.1 Å². The van der Waals surface area contributed by atoms with Crippen LogP contribution in [0.25, 0.3) is 6.08 Å². The Morgan fingerprint density at radius 2 is 1.94 bits per heavy atom. The smallest absolute Gasteiger partial charge is 0.293 e. The van der Waals surface area contributed by atoms with Gasteiger partial charge in [0.05, 0.1) is 35.6 Å². The first-order valence-corrected chi connectivity index (χ1v) is 11.1. The summed E-state index contributed by atoms with van der Waals surface area (Å²) >= 11 is 13.0. The van der Waals surface area contributed by atoms with Gasteiger partial charge in [-0.1, -0.05) is 41.4 Å². The Morgan fingerprint density at radius 3 is 2.66 bits per heavy atom. The lowest BCUT2D eigenvalue weighted by Crippen LogP contribution is -2.37. The van der Waals surface area contributed by atoms with Crippen LogP contribution in [0, 0.1) is 0 Å². The van der Waals surface area contributed by atoms with Crippen molar-refractivity contribution in [3.8, 4) is 11.5 Å². The van der Waals surface area contributed by atoms with E-state index in [9.17, 15) is 14.4 Å². The van der Waals surface area contributed by atoms with Gasteiger partial charge in [-0.3, -0.25) is 19.3 Å². The maximum Gasteiger partial charge on any atom is 0.293 e. The number of nitrogens with one attached hydrogen (secondary N) is 1. The quantitative estimate of drug-likeness (QED) is 0.547. The number of imide groups is 1. The van der Waals surface area contributed by atoms with Crippen molar-refractivity contribution in [2.45, 2.75) is 6.42 Å². The molecule has 1 aliphatic rings. The van der Waals surface area contributed by atoms with Crippen molar-refractivity contribution in [2.75, 3.05) is 27.3 Å². The fraction of sp³-hybridized carbons (Fsp3) is 0.227. The summed E-state index contributed by atoms with van der Waals surface area (Å²) in [6.45, 7) is 0.178. The van der Waals surface area contributed by atoms with Crippen LogP contribution in [-0.4, -0.2) is 49.3 Å². The summed E-state index contributed by atoms with van der Waals surface area (Å²) < 4.78 is 10.4. The normalized spacial score (nSPS) is 14.8. The lowest BCUT2D eigenvalue weighted by atomic mass is 10.1. The van der Waals surface area contributed by atoms with E-state index in [0.29, 0.717) is 32.7 Å². The molecule has 32 heavy (non-hydrogen) atoms. The molecule has 0 radical (unpaired) electrons. The third kappa shape index (κ3) is 5.56. The Bertz CT molecular complexity index is 1090. The SMILES string of the molecule is COc1ccc(CC(=O)NCCN2C(=O)S/C(=C\c3cccc(Cl)c3Cl)C2=O)c(OC)c1. The zero-order chi connectivity index (χ0) is 23.3. The number of nitrogens with zero attached hydrogens (tertiary/aromatic N) is 1. The van der Waals surface area contributed by atoms with Gasteiger partial charge in [0, 0.05) is 24.7 Å². The van der Waals surface area contributed by atoms with Crippen LogP contribution < -0.4 is 14.8 Å². The highest BCUT2D eigenvalue weighted by Crippen LogP contribution is 2.34. The minimum absolute atomic E-state index is 0.0524. The van der Waals surface area contributed by atoms with Crippen LogP contribution in [0.15, 0.2) is 41.3 Å². The fourth-order valence-electron chi connectivity index (χ4n) is 3.01. The maximum absolute atomic E-state index is 12.6. The van der Waals surface area contributed by atoms with Crippen molar-refractivity contribution >= 4 is 58.1 Å². The molecule has 1 aliphatic heterocycles. The predicted molar refractivity (Wildman–Crippen MR) is 125 cm³/mol. The molecule has 0 bridgehead atoms. The van der Waals surface area contributed by atoms with Crippen LogP contribution in [0.2, 0.25) is 10.0 Å². The van der Waals surface area contributed by atoms with Gasteiger partial charge >= 0.3 is 0 Å². The van der Waals surface area contributed by atoms with Crippen LogP contribution in [-0.2, 0) is 16.0 Å². The lowest BCUT2D eigenvalue weighted by molar-refractivity contribution is -0.124. The lowest BCUT2D eigenvalue weighted by Gasteiger charge is -2.14. The molecule has 0 aliphatic carbocycles. The average molecular weight is 495 g/mol. The highest BCUT2D eigenvalue weighted by Gasteiger charge is 2.34. The van der Waals surface area contributed by atoms with Crippen molar-refractivity contribution in [3.63, 3.8) is 0 Å². The van der Waals surface area contributed by atoms with Crippen molar-refractivity contribution in [1.29, 1.82) is 0 Å². The van der Waals surface area contributed by atoms with E-state index >= 15 is 0 Å². The first kappa shape index (κ1) is 24.0. The Balaban J connectivity index is 1.57. The number of carbonyl (C=O) groups is 3. The fourth-order valence-corrected chi connectivity index (χ4v) is 4.22. The zero-order valence-electron chi connectivity index (χ0n) is 17.3. The number of hydrogen-bond donors (Lipinski definition) is 1. The van der Waals surface area contributed by atoms with Gasteiger partial charge in [-0.05, 0) is 35.5 Å². The van der Waals surface area contributed by atoms with Crippen LogP contribution >= 0.6 is 35.0 Å². The number of hydrogen-bond acceptors (Lipinski definition) is 6. The second-order valence-corrected chi connectivity index (χ2v) is 8.46. The van der Waals surface area contributed by atoms with E-state index in [0.717, 1.165) is 16.7 Å². The summed E-state index contributed by atoms with van der Waals surface area (Å²) in [4.78, 5) is 38.5. The number of halogens is 2. The van der Waals surface area contributed by atoms with Gasteiger partial charge in [-0.25, -0.2) is 0 Å². The molecule has 1 heterocycles. The third-order valence-electron chi connectivity index (χ3n) is 4.64. The van der Waals surface area contributed by atoms with E-state index in [1.807, 2.05) is 0 Å². The maximum atomic E-state index is 12.6. The molecule has 0 saturated carbocycles. The largest absolute Gasteiger partial charge is 0.497 e. The molecule has 0 aromatic heterocycles. The second kappa shape index (κ2) is 10.8. The molecule has 1 fully saturated rings. The molecule has 2 aromatic carbocycles. The molecular formula is C22H20Cl2N2O5S. The highest BCUT2D eigenvalue weighted by atomic mass is 35.5. The number of ether oxygens (including phenoxy) is 2. The molecule has 0 unspecified atom stereocenters. The van der Waals surface area contributed by atoms with Crippen LogP contribution in [0.4, 0.5) is 4.79 Å². The number of methoxy groups -OCH3 is 2. The van der Waals surface area contributed by atoms with E-state index in [1.165, 1.54) is 13.2 Å². The Morgan fingerprint density at radius 1 is 1.16 bits per heavy atom. The zero-order valence-corrected chi connectivity index (χ0v) is 19.6. The monoisotopic (exact) mass is 494 g/mol. The summed E-state index contributed by atoms with van der Waals surface area (Å²) in [7, 11) is 3.06. The number of thioether (sulfide) groups is 1. The standard InChI is InChI=1S/C22H20Cl2N2O5S/c1-30-15-7-6-13(17(12-15)31-2)11-19(27)25-8-9-26-21(28)18(32-22(26)29)10-14-4-3-5-16(23)20(14)24/h3-7,10,12H,8-9,11H2,1-2H3,(H,25,27)/b18-10-.